The first kappa shape index (κ1) is 16.2. The predicted molar refractivity (Wildman–Crippen MR) is 78.5 cm³/mol. The summed E-state index contributed by atoms with van der Waals surface area (Å²) < 4.78 is 5.93. The van der Waals surface area contributed by atoms with E-state index in [-0.39, 0.29) is 12.4 Å². The van der Waals surface area contributed by atoms with Gasteiger partial charge in [0.1, 0.15) is 0 Å². The predicted octanol–water partition coefficient (Wildman–Crippen LogP) is 2.15. The Hall–Kier alpha value is 0.170. The van der Waals surface area contributed by atoms with Crippen molar-refractivity contribution in [3.63, 3.8) is 0 Å². The molecule has 4 heteroatoms. The molecule has 2 atom stereocenters. The molecule has 0 radical (unpaired) electrons. The molecule has 0 saturated carbocycles. The molecule has 0 aromatic carbocycles. The van der Waals surface area contributed by atoms with E-state index in [1.165, 1.54) is 39.0 Å². The summed E-state index contributed by atoms with van der Waals surface area (Å²) in [5.74, 6) is 0.653. The molecule has 0 aromatic rings. The lowest BCUT2D eigenvalue weighted by molar-refractivity contribution is 0.0392. The molecule has 2 rings (SSSR count). The van der Waals surface area contributed by atoms with Crippen molar-refractivity contribution >= 4 is 12.4 Å². The van der Waals surface area contributed by atoms with Crippen LogP contribution in [0.1, 0.15) is 33.6 Å². The van der Waals surface area contributed by atoms with Gasteiger partial charge < -0.3 is 15.0 Å². The Kier molecular flexibility index (Phi) is 6.39. The van der Waals surface area contributed by atoms with Gasteiger partial charge in [-0.25, -0.2) is 0 Å². The van der Waals surface area contributed by atoms with Gasteiger partial charge in [-0.15, -0.1) is 12.4 Å². The van der Waals surface area contributed by atoms with E-state index in [4.69, 9.17) is 4.74 Å². The molecule has 0 spiro atoms. The highest BCUT2D eigenvalue weighted by molar-refractivity contribution is 5.85. The van der Waals surface area contributed by atoms with Crippen LogP contribution in [0.25, 0.3) is 0 Å². The first-order valence-corrected chi connectivity index (χ1v) is 7.12. The molecule has 3 nitrogen and oxygen atoms in total. The minimum Gasteiger partial charge on any atom is -0.377 e. The molecule has 2 saturated heterocycles. The maximum atomic E-state index is 5.93. The number of ether oxygens (including phenoxy) is 1. The highest BCUT2D eigenvalue weighted by Crippen LogP contribution is 2.27. The van der Waals surface area contributed by atoms with Crippen molar-refractivity contribution in [2.24, 2.45) is 11.3 Å². The second-order valence-corrected chi connectivity index (χ2v) is 6.61. The van der Waals surface area contributed by atoms with E-state index >= 15 is 0 Å². The van der Waals surface area contributed by atoms with E-state index in [2.05, 4.69) is 31.0 Å². The Labute approximate surface area is 118 Å². The maximum absolute atomic E-state index is 5.93. The van der Waals surface area contributed by atoms with Crippen molar-refractivity contribution in [2.45, 2.75) is 39.7 Å². The van der Waals surface area contributed by atoms with Crippen LogP contribution in [0.2, 0.25) is 0 Å². The van der Waals surface area contributed by atoms with E-state index in [1.807, 2.05) is 0 Å². The van der Waals surface area contributed by atoms with Crippen molar-refractivity contribution in [1.82, 2.24) is 10.2 Å². The van der Waals surface area contributed by atoms with Gasteiger partial charge in [-0.1, -0.05) is 20.8 Å². The minimum atomic E-state index is 0. The van der Waals surface area contributed by atoms with Gasteiger partial charge in [0.05, 0.1) is 6.10 Å². The molecule has 2 aliphatic heterocycles. The number of halogens is 1. The third-order valence-electron chi connectivity index (χ3n) is 3.96. The summed E-state index contributed by atoms with van der Waals surface area (Å²) in [6.07, 6.45) is 3.02. The van der Waals surface area contributed by atoms with Crippen molar-refractivity contribution in [3.05, 3.63) is 0 Å². The molecule has 0 bridgehead atoms. The van der Waals surface area contributed by atoms with E-state index in [0.717, 1.165) is 13.2 Å². The number of nitrogens with one attached hydrogen (secondary N) is 1. The summed E-state index contributed by atoms with van der Waals surface area (Å²) in [6, 6.07) is 0. The number of rotatable bonds is 5. The molecule has 2 heterocycles. The summed E-state index contributed by atoms with van der Waals surface area (Å²) in [6.45, 7) is 13.7. The normalized spacial score (nSPS) is 33.0. The fourth-order valence-corrected chi connectivity index (χ4v) is 2.95. The lowest BCUT2D eigenvalue weighted by Crippen LogP contribution is -2.36. The highest BCUT2D eigenvalue weighted by Gasteiger charge is 2.33. The van der Waals surface area contributed by atoms with Gasteiger partial charge in [0.25, 0.3) is 0 Å². The largest absolute Gasteiger partial charge is 0.377 e. The van der Waals surface area contributed by atoms with E-state index < -0.39 is 0 Å². The second kappa shape index (κ2) is 7.09. The summed E-state index contributed by atoms with van der Waals surface area (Å²) in [4.78, 5) is 2.60. The fourth-order valence-electron chi connectivity index (χ4n) is 2.95. The van der Waals surface area contributed by atoms with Crippen LogP contribution in [0.5, 0.6) is 0 Å². The Morgan fingerprint density at radius 2 is 2.22 bits per heavy atom. The number of likely N-dealkylation sites (tertiary alicyclic amines) is 1. The SMILES string of the molecule is CC(C)COC1CCN(CC2(C)CCNC2)C1.Cl. The van der Waals surface area contributed by atoms with Crippen LogP contribution in [0.15, 0.2) is 0 Å². The molecule has 1 N–H and O–H groups in total. The third kappa shape index (κ3) is 4.69. The molecule has 2 aliphatic rings. The van der Waals surface area contributed by atoms with E-state index in [1.54, 1.807) is 0 Å². The van der Waals surface area contributed by atoms with Gasteiger partial charge >= 0.3 is 0 Å². The van der Waals surface area contributed by atoms with E-state index in [0.29, 0.717) is 17.4 Å². The van der Waals surface area contributed by atoms with Crippen LogP contribution in [0, 0.1) is 11.3 Å². The standard InChI is InChI=1S/C14H28N2O.ClH/c1-12(2)9-17-13-4-7-16(8-13)11-14(3)5-6-15-10-14;/h12-13,15H,4-11H2,1-3H3;1H. The summed E-state index contributed by atoms with van der Waals surface area (Å²) in [5.41, 5.74) is 0.493. The molecule has 2 unspecified atom stereocenters. The van der Waals surface area contributed by atoms with Crippen LogP contribution < -0.4 is 5.32 Å². The van der Waals surface area contributed by atoms with Crippen LogP contribution in [-0.4, -0.2) is 50.3 Å². The van der Waals surface area contributed by atoms with Crippen LogP contribution in [0.3, 0.4) is 0 Å². The van der Waals surface area contributed by atoms with Crippen LogP contribution in [-0.2, 0) is 4.74 Å². The average Bonchev–Trinajstić information content (AvgIpc) is 2.85. The first-order valence-electron chi connectivity index (χ1n) is 7.12. The first-order chi connectivity index (χ1) is 8.07. The van der Waals surface area contributed by atoms with Gasteiger partial charge in [0.15, 0.2) is 0 Å². The second-order valence-electron chi connectivity index (χ2n) is 6.61. The monoisotopic (exact) mass is 276 g/mol. The lowest BCUT2D eigenvalue weighted by atomic mass is 9.89. The van der Waals surface area contributed by atoms with Crippen LogP contribution >= 0.6 is 12.4 Å². The van der Waals surface area contributed by atoms with Gasteiger partial charge in [-0.05, 0) is 30.7 Å². The van der Waals surface area contributed by atoms with Crippen molar-refractivity contribution in [1.29, 1.82) is 0 Å². The van der Waals surface area contributed by atoms with E-state index in [9.17, 15) is 0 Å². The van der Waals surface area contributed by atoms with Crippen molar-refractivity contribution in [3.8, 4) is 0 Å². The highest BCUT2D eigenvalue weighted by atomic mass is 35.5. The quantitative estimate of drug-likeness (QED) is 0.833. The van der Waals surface area contributed by atoms with Gasteiger partial charge in [0, 0.05) is 32.8 Å². The molecule has 18 heavy (non-hydrogen) atoms. The maximum Gasteiger partial charge on any atom is 0.0714 e. The van der Waals surface area contributed by atoms with Gasteiger partial charge in [0.2, 0.25) is 0 Å². The van der Waals surface area contributed by atoms with Gasteiger partial charge in [-0.3, -0.25) is 0 Å². The number of nitrogens with zero attached hydrogens (tertiary/aromatic N) is 1. The fraction of sp³-hybridized carbons (Fsp3) is 1.00. The Morgan fingerprint density at radius 3 is 2.83 bits per heavy atom. The minimum absolute atomic E-state index is 0. The topological polar surface area (TPSA) is 24.5 Å². The average molecular weight is 277 g/mol. The molecule has 2 fully saturated rings. The third-order valence-corrected chi connectivity index (χ3v) is 3.96. The molecule has 0 aliphatic carbocycles. The van der Waals surface area contributed by atoms with Crippen molar-refractivity contribution in [2.75, 3.05) is 39.3 Å². The zero-order chi connectivity index (χ0) is 12.3. The molecular formula is C14H29ClN2O. The Balaban J connectivity index is 0.00000162. The summed E-state index contributed by atoms with van der Waals surface area (Å²) in [7, 11) is 0. The summed E-state index contributed by atoms with van der Waals surface area (Å²) >= 11 is 0. The smallest absolute Gasteiger partial charge is 0.0714 e. The molecule has 0 amide bonds. The Morgan fingerprint density at radius 1 is 1.44 bits per heavy atom. The molecular weight excluding hydrogens is 248 g/mol. The van der Waals surface area contributed by atoms with Crippen LogP contribution in [0.4, 0.5) is 0 Å². The summed E-state index contributed by atoms with van der Waals surface area (Å²) in [5, 5.41) is 3.48. The zero-order valence-electron chi connectivity index (χ0n) is 12.1. The number of hydrogen-bond donors (Lipinski definition) is 1. The molecule has 0 aromatic heterocycles. The number of hydrogen-bond acceptors (Lipinski definition) is 3. The van der Waals surface area contributed by atoms with Gasteiger partial charge in [-0.2, -0.15) is 0 Å². The molecule has 108 valence electrons. The van der Waals surface area contributed by atoms with Crippen molar-refractivity contribution < 1.29 is 4.74 Å². The lowest BCUT2D eigenvalue weighted by Gasteiger charge is -2.29. The zero-order valence-corrected chi connectivity index (χ0v) is 12.9. The Bertz CT molecular complexity index is 242.